The Labute approximate surface area is 99.0 Å². The summed E-state index contributed by atoms with van der Waals surface area (Å²) in [6.45, 7) is 3.69. The summed E-state index contributed by atoms with van der Waals surface area (Å²) >= 11 is 5.89. The van der Waals surface area contributed by atoms with Crippen molar-refractivity contribution < 1.29 is 9.84 Å². The smallest absolute Gasteiger partial charge is 0.134 e. The van der Waals surface area contributed by atoms with Crippen LogP contribution >= 0.6 is 11.6 Å². The summed E-state index contributed by atoms with van der Waals surface area (Å²) in [5.41, 5.74) is 0. The molecule has 16 heavy (non-hydrogen) atoms. The van der Waals surface area contributed by atoms with Gasteiger partial charge in [-0.1, -0.05) is 11.6 Å². The van der Waals surface area contributed by atoms with E-state index in [1.807, 2.05) is 4.90 Å². The molecule has 1 aliphatic rings. The number of aryl methyl sites for hydroxylation is 1. The predicted octanol–water partition coefficient (Wildman–Crippen LogP) is 0.636. The minimum atomic E-state index is -0.0564. The molecule has 88 valence electrons. The molecule has 2 heterocycles. The third-order valence-electron chi connectivity index (χ3n) is 2.53. The Balaban J connectivity index is 2.26. The van der Waals surface area contributed by atoms with Gasteiger partial charge in [0.15, 0.2) is 0 Å². The van der Waals surface area contributed by atoms with Gasteiger partial charge < -0.3 is 14.7 Å². The summed E-state index contributed by atoms with van der Waals surface area (Å²) in [7, 11) is 0. The average molecular weight is 244 g/mol. The Morgan fingerprint density at radius 1 is 1.62 bits per heavy atom. The van der Waals surface area contributed by atoms with E-state index in [2.05, 4.69) is 9.97 Å². The van der Waals surface area contributed by atoms with E-state index in [9.17, 15) is 5.11 Å². The first-order valence-electron chi connectivity index (χ1n) is 5.17. The van der Waals surface area contributed by atoms with Gasteiger partial charge in [-0.05, 0) is 6.92 Å². The fourth-order valence-electron chi connectivity index (χ4n) is 1.77. The Morgan fingerprint density at radius 3 is 3.12 bits per heavy atom. The number of aliphatic hydroxyl groups is 1. The van der Waals surface area contributed by atoms with E-state index in [1.54, 1.807) is 13.0 Å². The second kappa shape index (κ2) is 4.95. The molecule has 0 aliphatic carbocycles. The molecular formula is C10H14ClN3O2. The first kappa shape index (κ1) is 11.6. The Hall–Kier alpha value is -0.910. The van der Waals surface area contributed by atoms with Crippen LogP contribution in [0.2, 0.25) is 5.15 Å². The molecule has 1 aromatic heterocycles. The average Bonchev–Trinajstić information content (AvgIpc) is 2.27. The zero-order valence-corrected chi connectivity index (χ0v) is 9.81. The highest BCUT2D eigenvalue weighted by Gasteiger charge is 2.23. The zero-order valence-electron chi connectivity index (χ0n) is 9.06. The Morgan fingerprint density at radius 2 is 2.44 bits per heavy atom. The third-order valence-corrected chi connectivity index (χ3v) is 2.72. The molecule has 1 N–H and O–H groups in total. The van der Waals surface area contributed by atoms with Crippen molar-refractivity contribution in [3.8, 4) is 0 Å². The summed E-state index contributed by atoms with van der Waals surface area (Å²) in [6, 6.07) is 1.65. The van der Waals surface area contributed by atoms with Gasteiger partial charge in [0.05, 0.1) is 25.9 Å². The van der Waals surface area contributed by atoms with Crippen molar-refractivity contribution in [2.24, 2.45) is 0 Å². The van der Waals surface area contributed by atoms with Gasteiger partial charge in [0.25, 0.3) is 0 Å². The lowest BCUT2D eigenvalue weighted by Gasteiger charge is -2.35. The van der Waals surface area contributed by atoms with Crippen LogP contribution in [0, 0.1) is 6.92 Å². The number of nitrogens with zero attached hydrogens (tertiary/aromatic N) is 3. The third kappa shape index (κ3) is 2.42. The quantitative estimate of drug-likeness (QED) is 0.773. The van der Waals surface area contributed by atoms with Crippen LogP contribution in [-0.4, -0.2) is 47.5 Å². The van der Waals surface area contributed by atoms with Crippen LogP contribution in [0.4, 0.5) is 5.82 Å². The minimum Gasteiger partial charge on any atom is -0.394 e. The predicted molar refractivity (Wildman–Crippen MR) is 60.8 cm³/mol. The number of aromatic nitrogens is 2. The molecule has 1 fully saturated rings. The van der Waals surface area contributed by atoms with Crippen LogP contribution < -0.4 is 4.90 Å². The normalized spacial score (nSPS) is 21.2. The van der Waals surface area contributed by atoms with Crippen LogP contribution in [0.25, 0.3) is 0 Å². The van der Waals surface area contributed by atoms with Crippen LogP contribution in [-0.2, 0) is 4.74 Å². The van der Waals surface area contributed by atoms with E-state index in [4.69, 9.17) is 16.3 Å². The van der Waals surface area contributed by atoms with Crippen LogP contribution in [0.1, 0.15) is 5.82 Å². The maximum absolute atomic E-state index is 9.26. The first-order chi connectivity index (χ1) is 7.70. The van der Waals surface area contributed by atoms with E-state index < -0.39 is 0 Å². The van der Waals surface area contributed by atoms with Crippen LogP contribution in [0.5, 0.6) is 0 Å². The number of hydrogen-bond donors (Lipinski definition) is 1. The molecule has 0 aromatic carbocycles. The van der Waals surface area contributed by atoms with E-state index >= 15 is 0 Å². The van der Waals surface area contributed by atoms with Gasteiger partial charge in [0.2, 0.25) is 0 Å². The van der Waals surface area contributed by atoms with E-state index in [0.717, 1.165) is 5.82 Å². The van der Waals surface area contributed by atoms with Crippen molar-refractivity contribution in [1.82, 2.24) is 9.97 Å². The topological polar surface area (TPSA) is 58.5 Å². The lowest BCUT2D eigenvalue weighted by Crippen LogP contribution is -2.48. The highest BCUT2D eigenvalue weighted by molar-refractivity contribution is 6.29. The molecule has 0 amide bonds. The van der Waals surface area contributed by atoms with Gasteiger partial charge >= 0.3 is 0 Å². The van der Waals surface area contributed by atoms with E-state index in [0.29, 0.717) is 30.7 Å². The van der Waals surface area contributed by atoms with Crippen LogP contribution in [0.3, 0.4) is 0 Å². The van der Waals surface area contributed by atoms with Crippen molar-refractivity contribution in [3.63, 3.8) is 0 Å². The lowest BCUT2D eigenvalue weighted by molar-refractivity contribution is 0.0722. The van der Waals surface area contributed by atoms with Gasteiger partial charge in [-0.2, -0.15) is 0 Å². The van der Waals surface area contributed by atoms with Crippen molar-refractivity contribution in [3.05, 3.63) is 17.0 Å². The summed E-state index contributed by atoms with van der Waals surface area (Å²) < 4.78 is 5.31. The molecule has 0 bridgehead atoms. The maximum atomic E-state index is 9.26. The fourth-order valence-corrected chi connectivity index (χ4v) is 1.99. The van der Waals surface area contributed by atoms with E-state index in [1.165, 1.54) is 0 Å². The molecule has 0 spiro atoms. The minimum absolute atomic E-state index is 0.0423. The van der Waals surface area contributed by atoms with Gasteiger partial charge in [0, 0.05) is 12.6 Å². The standard InChI is InChI=1S/C10H14ClN3O2/c1-7-12-9(11)4-10(13-7)14-2-3-16-6-8(14)5-15/h4,8,15H,2-3,5-6H2,1H3. The largest absolute Gasteiger partial charge is 0.394 e. The second-order valence-corrected chi connectivity index (χ2v) is 4.09. The molecule has 1 aromatic rings. The summed E-state index contributed by atoms with van der Waals surface area (Å²) in [5, 5.41) is 9.69. The first-order valence-corrected chi connectivity index (χ1v) is 5.55. The molecule has 1 atom stereocenters. The van der Waals surface area contributed by atoms with Gasteiger partial charge in [-0.3, -0.25) is 0 Å². The van der Waals surface area contributed by atoms with Crippen molar-refractivity contribution in [1.29, 1.82) is 0 Å². The molecule has 0 radical (unpaired) electrons. The van der Waals surface area contributed by atoms with Gasteiger partial charge in [-0.15, -0.1) is 0 Å². The number of ether oxygens (including phenoxy) is 1. The molecule has 1 unspecified atom stereocenters. The molecule has 5 nitrogen and oxygen atoms in total. The lowest BCUT2D eigenvalue weighted by atomic mass is 10.2. The Bertz CT molecular complexity index is 355. The SMILES string of the molecule is Cc1nc(Cl)cc(N2CCOCC2CO)n1. The number of aliphatic hydroxyl groups excluding tert-OH is 1. The molecule has 2 rings (SSSR count). The number of anilines is 1. The fraction of sp³-hybridized carbons (Fsp3) is 0.600. The van der Waals surface area contributed by atoms with Crippen molar-refractivity contribution in [2.45, 2.75) is 13.0 Å². The number of halogens is 1. The highest BCUT2D eigenvalue weighted by Crippen LogP contribution is 2.20. The summed E-state index contributed by atoms with van der Waals surface area (Å²) in [5.74, 6) is 1.38. The molecule has 1 saturated heterocycles. The number of rotatable bonds is 2. The molecule has 0 saturated carbocycles. The Kier molecular flexibility index (Phi) is 3.58. The monoisotopic (exact) mass is 243 g/mol. The molecule has 1 aliphatic heterocycles. The zero-order chi connectivity index (χ0) is 11.5. The van der Waals surface area contributed by atoms with E-state index in [-0.39, 0.29) is 12.6 Å². The van der Waals surface area contributed by atoms with Crippen molar-refractivity contribution in [2.75, 3.05) is 31.3 Å². The molecule has 6 heteroatoms. The maximum Gasteiger partial charge on any atom is 0.134 e. The van der Waals surface area contributed by atoms with Gasteiger partial charge in [-0.25, -0.2) is 9.97 Å². The highest BCUT2D eigenvalue weighted by atomic mass is 35.5. The van der Waals surface area contributed by atoms with Crippen molar-refractivity contribution >= 4 is 17.4 Å². The summed E-state index contributed by atoms with van der Waals surface area (Å²) in [6.07, 6.45) is 0. The van der Waals surface area contributed by atoms with Gasteiger partial charge in [0.1, 0.15) is 16.8 Å². The number of morpholine rings is 1. The molecular weight excluding hydrogens is 230 g/mol. The summed E-state index contributed by atoms with van der Waals surface area (Å²) in [4.78, 5) is 10.3. The second-order valence-electron chi connectivity index (χ2n) is 3.70. The number of hydrogen-bond acceptors (Lipinski definition) is 5. The van der Waals surface area contributed by atoms with Crippen LogP contribution in [0.15, 0.2) is 6.07 Å².